The minimum atomic E-state index is -2.70. The second-order valence-corrected chi connectivity index (χ2v) is 7.78. The molecule has 0 bridgehead atoms. The average molecular weight is 453 g/mol. The average Bonchev–Trinajstić information content (AvgIpc) is 3.33. The number of alkyl halides is 2. The van der Waals surface area contributed by atoms with Crippen molar-refractivity contribution in [3.05, 3.63) is 45.6 Å². The summed E-state index contributed by atoms with van der Waals surface area (Å²) in [6, 6.07) is 2.87. The van der Waals surface area contributed by atoms with Gasteiger partial charge in [0.05, 0.1) is 16.7 Å². The Bertz CT molecular complexity index is 1040. The van der Waals surface area contributed by atoms with E-state index in [4.69, 9.17) is 0 Å². The van der Waals surface area contributed by atoms with Gasteiger partial charge in [0.25, 0.3) is 12.3 Å². The van der Waals surface area contributed by atoms with Gasteiger partial charge in [0.2, 0.25) is 0 Å². The molecule has 0 aromatic carbocycles. The third kappa shape index (κ3) is 3.52. The SMILES string of the molecule is CCn1cc(Br)c(CN(C)C(=O)c2cc3nc(C4CC4)cc(C(F)F)n3n2)n1. The van der Waals surface area contributed by atoms with Crippen LogP contribution in [-0.2, 0) is 13.1 Å². The van der Waals surface area contributed by atoms with Crippen LogP contribution in [0.5, 0.6) is 0 Å². The molecule has 1 saturated carbocycles. The van der Waals surface area contributed by atoms with E-state index in [-0.39, 0.29) is 35.4 Å². The summed E-state index contributed by atoms with van der Waals surface area (Å²) < 4.78 is 30.6. The van der Waals surface area contributed by atoms with Gasteiger partial charge in [-0.3, -0.25) is 9.48 Å². The Labute approximate surface area is 168 Å². The number of aromatic nitrogens is 5. The Morgan fingerprint density at radius 3 is 2.71 bits per heavy atom. The van der Waals surface area contributed by atoms with Crippen molar-refractivity contribution in [2.45, 2.75) is 45.2 Å². The first-order valence-electron chi connectivity index (χ1n) is 9.03. The summed E-state index contributed by atoms with van der Waals surface area (Å²) in [5, 5.41) is 8.51. The molecule has 0 atom stereocenters. The smallest absolute Gasteiger partial charge is 0.280 e. The Balaban J connectivity index is 1.63. The van der Waals surface area contributed by atoms with E-state index in [9.17, 15) is 13.6 Å². The lowest BCUT2D eigenvalue weighted by Gasteiger charge is -2.14. The molecular formula is C18H19BrF2N6O. The van der Waals surface area contributed by atoms with E-state index in [1.807, 2.05) is 13.1 Å². The first-order chi connectivity index (χ1) is 13.4. The highest BCUT2D eigenvalue weighted by Gasteiger charge is 2.29. The van der Waals surface area contributed by atoms with Crippen molar-refractivity contribution in [2.24, 2.45) is 0 Å². The molecule has 10 heteroatoms. The number of carbonyl (C=O) groups is 1. The number of halogens is 3. The number of nitrogens with zero attached hydrogens (tertiary/aromatic N) is 6. The number of rotatable bonds is 6. The van der Waals surface area contributed by atoms with Crippen LogP contribution in [0.2, 0.25) is 0 Å². The second kappa shape index (κ2) is 7.23. The summed E-state index contributed by atoms with van der Waals surface area (Å²) in [6.07, 6.45) is 1.05. The fourth-order valence-electron chi connectivity index (χ4n) is 3.06. The van der Waals surface area contributed by atoms with Crippen molar-refractivity contribution >= 4 is 27.5 Å². The van der Waals surface area contributed by atoms with Crippen LogP contribution in [-0.4, -0.2) is 42.2 Å². The highest BCUT2D eigenvalue weighted by Crippen LogP contribution is 2.40. The number of hydrogen-bond acceptors (Lipinski definition) is 4. The van der Waals surface area contributed by atoms with E-state index >= 15 is 0 Å². The van der Waals surface area contributed by atoms with E-state index in [2.05, 4.69) is 31.1 Å². The van der Waals surface area contributed by atoms with Crippen LogP contribution in [0.4, 0.5) is 8.78 Å². The summed E-state index contributed by atoms with van der Waals surface area (Å²) >= 11 is 3.44. The Hall–Kier alpha value is -2.36. The lowest BCUT2D eigenvalue weighted by atomic mass is 10.2. The fraction of sp³-hybridized carbons (Fsp3) is 0.444. The molecule has 1 amide bonds. The third-order valence-electron chi connectivity index (χ3n) is 4.76. The highest BCUT2D eigenvalue weighted by atomic mass is 79.9. The fourth-order valence-corrected chi connectivity index (χ4v) is 3.51. The predicted molar refractivity (Wildman–Crippen MR) is 101 cm³/mol. The number of fused-ring (bicyclic) bond motifs is 1. The molecule has 0 radical (unpaired) electrons. The zero-order valence-corrected chi connectivity index (χ0v) is 17.0. The van der Waals surface area contributed by atoms with Gasteiger partial charge in [-0.15, -0.1) is 0 Å². The van der Waals surface area contributed by atoms with Gasteiger partial charge in [0, 0.05) is 37.5 Å². The van der Waals surface area contributed by atoms with Gasteiger partial charge < -0.3 is 4.90 Å². The second-order valence-electron chi connectivity index (χ2n) is 6.92. The maximum Gasteiger partial charge on any atom is 0.280 e. The molecule has 0 aliphatic heterocycles. The molecule has 1 fully saturated rings. The molecule has 3 aromatic rings. The molecule has 0 N–H and O–H groups in total. The minimum absolute atomic E-state index is 0.0795. The van der Waals surface area contributed by atoms with Crippen LogP contribution in [0.3, 0.4) is 0 Å². The Morgan fingerprint density at radius 2 is 2.11 bits per heavy atom. The largest absolute Gasteiger partial charge is 0.334 e. The third-order valence-corrected chi connectivity index (χ3v) is 5.42. The Kier molecular flexibility index (Phi) is 4.90. The van der Waals surface area contributed by atoms with Gasteiger partial charge >= 0.3 is 0 Å². The van der Waals surface area contributed by atoms with Crippen LogP contribution in [0.15, 0.2) is 22.8 Å². The maximum absolute atomic E-state index is 13.5. The maximum atomic E-state index is 13.5. The van der Waals surface area contributed by atoms with Gasteiger partial charge in [-0.2, -0.15) is 10.2 Å². The summed E-state index contributed by atoms with van der Waals surface area (Å²) in [5.74, 6) is -0.151. The number of aryl methyl sites for hydroxylation is 1. The number of carbonyl (C=O) groups excluding carboxylic acids is 1. The van der Waals surface area contributed by atoms with Gasteiger partial charge in [-0.1, -0.05) is 0 Å². The first kappa shape index (κ1) is 19.0. The normalized spacial score (nSPS) is 14.2. The van der Waals surface area contributed by atoms with Crippen LogP contribution >= 0.6 is 15.9 Å². The van der Waals surface area contributed by atoms with Crippen molar-refractivity contribution in [1.82, 2.24) is 29.3 Å². The lowest BCUT2D eigenvalue weighted by Crippen LogP contribution is -2.27. The van der Waals surface area contributed by atoms with Crippen LogP contribution < -0.4 is 0 Å². The molecule has 3 aromatic heterocycles. The molecule has 3 heterocycles. The van der Waals surface area contributed by atoms with E-state index in [1.54, 1.807) is 11.7 Å². The topological polar surface area (TPSA) is 68.3 Å². The van der Waals surface area contributed by atoms with Gasteiger partial charge in [-0.25, -0.2) is 18.3 Å². The molecule has 1 aliphatic carbocycles. The quantitative estimate of drug-likeness (QED) is 0.570. The zero-order valence-electron chi connectivity index (χ0n) is 15.4. The van der Waals surface area contributed by atoms with Crippen molar-refractivity contribution in [3.63, 3.8) is 0 Å². The van der Waals surface area contributed by atoms with Crippen molar-refractivity contribution in [3.8, 4) is 0 Å². The molecule has 148 valence electrons. The van der Waals surface area contributed by atoms with Crippen molar-refractivity contribution in [2.75, 3.05) is 7.05 Å². The molecule has 1 aliphatic rings. The summed E-state index contributed by atoms with van der Waals surface area (Å²) in [7, 11) is 1.63. The van der Waals surface area contributed by atoms with E-state index in [1.165, 1.54) is 17.0 Å². The molecule has 0 saturated heterocycles. The van der Waals surface area contributed by atoms with Crippen molar-refractivity contribution in [1.29, 1.82) is 0 Å². The minimum Gasteiger partial charge on any atom is -0.334 e. The van der Waals surface area contributed by atoms with Crippen LogP contribution in [0.25, 0.3) is 5.65 Å². The zero-order chi connectivity index (χ0) is 20.0. The predicted octanol–water partition coefficient (Wildman–Crippen LogP) is 3.80. The summed E-state index contributed by atoms with van der Waals surface area (Å²) in [6.45, 7) is 2.95. The monoisotopic (exact) mass is 452 g/mol. The molecule has 28 heavy (non-hydrogen) atoms. The van der Waals surface area contributed by atoms with E-state index < -0.39 is 6.43 Å². The summed E-state index contributed by atoms with van der Waals surface area (Å²) in [4.78, 5) is 18.7. The van der Waals surface area contributed by atoms with Crippen molar-refractivity contribution < 1.29 is 13.6 Å². The van der Waals surface area contributed by atoms with Crippen LogP contribution in [0, 0.1) is 0 Å². The molecule has 0 spiro atoms. The number of amides is 1. The molecule has 0 unspecified atom stereocenters. The standard InChI is InChI=1S/C18H19BrF2N6O/c1-3-26-8-11(19)14(23-26)9-25(2)18(28)13-7-16-22-12(10-4-5-10)6-15(17(20)21)27(16)24-13/h6-8,10,17H,3-5,9H2,1-2H3. The van der Waals surface area contributed by atoms with Crippen LogP contribution in [0.1, 0.15) is 59.7 Å². The van der Waals surface area contributed by atoms with Gasteiger partial charge in [-0.05, 0) is 41.8 Å². The van der Waals surface area contributed by atoms with Gasteiger partial charge in [0.15, 0.2) is 11.3 Å². The van der Waals surface area contributed by atoms with E-state index in [0.29, 0.717) is 17.9 Å². The Morgan fingerprint density at radius 1 is 1.36 bits per heavy atom. The molecule has 7 nitrogen and oxygen atoms in total. The highest BCUT2D eigenvalue weighted by molar-refractivity contribution is 9.10. The van der Waals surface area contributed by atoms with Gasteiger partial charge in [0.1, 0.15) is 5.69 Å². The first-order valence-corrected chi connectivity index (χ1v) is 9.82. The molecule has 4 rings (SSSR count). The lowest BCUT2D eigenvalue weighted by molar-refractivity contribution is 0.0776. The summed E-state index contributed by atoms with van der Waals surface area (Å²) in [5.41, 5.74) is 1.47. The number of hydrogen-bond donors (Lipinski definition) is 0. The molecular weight excluding hydrogens is 434 g/mol. The van der Waals surface area contributed by atoms with E-state index in [0.717, 1.165) is 21.8 Å².